The molecule has 1 saturated heterocycles. The van der Waals surface area contributed by atoms with E-state index in [1.54, 1.807) is 9.80 Å². The molecule has 0 unspecified atom stereocenters. The molecule has 1 N–H and O–H groups in total. The topological polar surface area (TPSA) is 52.7 Å². The fraction of sp³-hybridized carbons (Fsp3) is 0.167. The van der Waals surface area contributed by atoms with Gasteiger partial charge in [0, 0.05) is 28.6 Å². The van der Waals surface area contributed by atoms with Gasteiger partial charge in [0.15, 0.2) is 4.87 Å². The van der Waals surface area contributed by atoms with Gasteiger partial charge in [0.1, 0.15) is 0 Å². The lowest BCUT2D eigenvalue weighted by Crippen LogP contribution is -2.51. The second kappa shape index (κ2) is 7.94. The van der Waals surface area contributed by atoms with E-state index in [4.69, 9.17) is 11.6 Å². The molecule has 3 aromatic rings. The zero-order valence-corrected chi connectivity index (χ0v) is 18.2. The van der Waals surface area contributed by atoms with Crippen molar-refractivity contribution in [3.63, 3.8) is 0 Å². The van der Waals surface area contributed by atoms with Gasteiger partial charge < -0.3 is 10.2 Å². The summed E-state index contributed by atoms with van der Waals surface area (Å²) in [6.45, 7) is 0.843. The molecule has 7 heteroatoms. The van der Waals surface area contributed by atoms with E-state index >= 15 is 0 Å². The molecule has 0 radical (unpaired) electrons. The van der Waals surface area contributed by atoms with Crippen LogP contribution in [0.1, 0.15) is 11.1 Å². The minimum atomic E-state index is -1.07. The van der Waals surface area contributed by atoms with Crippen molar-refractivity contribution < 1.29 is 9.59 Å². The quantitative estimate of drug-likeness (QED) is 0.588. The Morgan fingerprint density at radius 1 is 1.00 bits per heavy atom. The average molecular weight is 450 g/mol. The first-order chi connectivity index (χ1) is 15.1. The zero-order valence-electron chi connectivity index (χ0n) is 16.6. The van der Waals surface area contributed by atoms with E-state index in [0.717, 1.165) is 16.8 Å². The molecule has 1 spiro atoms. The molecule has 0 aliphatic carbocycles. The van der Waals surface area contributed by atoms with Crippen molar-refractivity contribution in [2.75, 3.05) is 22.5 Å². The number of thioether (sulfide) groups is 1. The number of para-hydroxylation sites is 2. The minimum Gasteiger partial charge on any atom is -0.308 e. The third kappa shape index (κ3) is 3.27. The minimum absolute atomic E-state index is 0.112. The van der Waals surface area contributed by atoms with Gasteiger partial charge in [-0.3, -0.25) is 9.69 Å². The highest BCUT2D eigenvalue weighted by molar-refractivity contribution is 8.01. The van der Waals surface area contributed by atoms with Crippen LogP contribution in [0.4, 0.5) is 16.2 Å². The lowest BCUT2D eigenvalue weighted by atomic mass is 10.1. The summed E-state index contributed by atoms with van der Waals surface area (Å²) in [6.07, 6.45) is 0. The third-order valence-corrected chi connectivity index (χ3v) is 7.45. The Morgan fingerprint density at radius 2 is 1.71 bits per heavy atom. The predicted molar refractivity (Wildman–Crippen MR) is 125 cm³/mol. The molecule has 1 fully saturated rings. The van der Waals surface area contributed by atoms with E-state index in [1.165, 1.54) is 11.8 Å². The monoisotopic (exact) mass is 449 g/mol. The number of halogens is 1. The second-order valence-corrected chi connectivity index (χ2v) is 9.14. The molecule has 2 aliphatic heterocycles. The van der Waals surface area contributed by atoms with Crippen LogP contribution in [-0.2, 0) is 16.2 Å². The SMILES string of the molecule is O=C(Nc1ccccc1)N1CCS[C@@]12C(=O)N(Cc1ccccc1Cl)c1ccccc12. The van der Waals surface area contributed by atoms with Gasteiger partial charge in [-0.1, -0.05) is 66.2 Å². The van der Waals surface area contributed by atoms with Crippen molar-refractivity contribution in [3.05, 3.63) is 95.0 Å². The number of nitrogens with one attached hydrogen (secondary N) is 1. The van der Waals surface area contributed by atoms with E-state index in [-0.39, 0.29) is 11.9 Å². The van der Waals surface area contributed by atoms with Gasteiger partial charge in [-0.2, -0.15) is 0 Å². The fourth-order valence-electron chi connectivity index (χ4n) is 4.23. The molecule has 0 saturated carbocycles. The Balaban J connectivity index is 1.53. The number of urea groups is 1. The predicted octanol–water partition coefficient (Wildman–Crippen LogP) is 5.32. The van der Waals surface area contributed by atoms with Gasteiger partial charge in [0.25, 0.3) is 5.91 Å². The number of anilines is 2. The Labute approximate surface area is 190 Å². The van der Waals surface area contributed by atoms with E-state index in [0.29, 0.717) is 29.6 Å². The maximum atomic E-state index is 13.9. The van der Waals surface area contributed by atoms with E-state index in [2.05, 4.69) is 5.32 Å². The van der Waals surface area contributed by atoms with Crippen LogP contribution in [0.15, 0.2) is 78.9 Å². The smallest absolute Gasteiger partial charge is 0.308 e. The Hall–Kier alpha value is -2.96. The summed E-state index contributed by atoms with van der Waals surface area (Å²) in [5, 5.41) is 3.56. The molecule has 31 heavy (non-hydrogen) atoms. The van der Waals surface area contributed by atoms with Crippen LogP contribution in [0.5, 0.6) is 0 Å². The van der Waals surface area contributed by atoms with Crippen LogP contribution in [0.3, 0.4) is 0 Å². The van der Waals surface area contributed by atoms with E-state index in [9.17, 15) is 9.59 Å². The first-order valence-electron chi connectivity index (χ1n) is 10.0. The maximum absolute atomic E-state index is 13.9. The molecule has 5 rings (SSSR count). The molecule has 1 atom stereocenters. The van der Waals surface area contributed by atoms with Crippen LogP contribution in [0.25, 0.3) is 0 Å². The van der Waals surface area contributed by atoms with Crippen LogP contribution in [0.2, 0.25) is 5.02 Å². The molecule has 5 nitrogen and oxygen atoms in total. The highest BCUT2D eigenvalue weighted by Gasteiger charge is 2.59. The first-order valence-corrected chi connectivity index (χ1v) is 11.4. The van der Waals surface area contributed by atoms with E-state index < -0.39 is 4.87 Å². The lowest BCUT2D eigenvalue weighted by molar-refractivity contribution is -0.123. The zero-order chi connectivity index (χ0) is 21.4. The summed E-state index contributed by atoms with van der Waals surface area (Å²) in [5.41, 5.74) is 3.23. The van der Waals surface area contributed by atoms with Crippen molar-refractivity contribution in [2.45, 2.75) is 11.4 Å². The molecular formula is C24H20ClN3O2S. The van der Waals surface area contributed by atoms with Gasteiger partial charge >= 0.3 is 6.03 Å². The van der Waals surface area contributed by atoms with Crippen molar-refractivity contribution in [3.8, 4) is 0 Å². The maximum Gasteiger partial charge on any atom is 0.323 e. The number of hydrogen-bond acceptors (Lipinski definition) is 3. The summed E-state index contributed by atoms with van der Waals surface area (Å²) in [5.74, 6) is 0.571. The fourth-order valence-corrected chi connectivity index (χ4v) is 5.89. The number of amides is 3. The number of fused-ring (bicyclic) bond motifs is 2. The highest BCUT2D eigenvalue weighted by atomic mass is 35.5. The molecule has 156 valence electrons. The largest absolute Gasteiger partial charge is 0.323 e. The number of carbonyl (C=O) groups is 2. The van der Waals surface area contributed by atoms with Crippen LogP contribution < -0.4 is 10.2 Å². The average Bonchev–Trinajstić information content (AvgIpc) is 3.33. The van der Waals surface area contributed by atoms with Gasteiger partial charge in [0.05, 0.1) is 12.2 Å². The Bertz CT molecular complexity index is 1160. The third-order valence-electron chi connectivity index (χ3n) is 5.66. The molecular weight excluding hydrogens is 430 g/mol. The number of benzene rings is 3. The summed E-state index contributed by atoms with van der Waals surface area (Å²) >= 11 is 7.89. The van der Waals surface area contributed by atoms with Crippen molar-refractivity contribution in [1.82, 2.24) is 4.90 Å². The number of carbonyl (C=O) groups excluding carboxylic acids is 2. The summed E-state index contributed by atoms with van der Waals surface area (Å²) in [4.78, 5) is 29.5. The standard InChI is InChI=1S/C24H20ClN3O2S/c25-20-12-6-4-8-17(20)16-27-21-13-7-5-11-19(21)24(22(27)29)28(14-15-31-24)23(30)26-18-9-2-1-3-10-18/h1-13H,14-16H2,(H,26,30)/t24-/m0/s1. The highest BCUT2D eigenvalue weighted by Crippen LogP contribution is 2.54. The lowest BCUT2D eigenvalue weighted by Gasteiger charge is -2.33. The Kier molecular flexibility index (Phi) is 5.12. The van der Waals surface area contributed by atoms with Gasteiger partial charge in [-0.15, -0.1) is 11.8 Å². The first kappa shape index (κ1) is 20.0. The molecule has 3 aromatic carbocycles. The number of hydrogen-bond donors (Lipinski definition) is 1. The van der Waals surface area contributed by atoms with E-state index in [1.807, 2.05) is 78.9 Å². The summed E-state index contributed by atoms with van der Waals surface area (Å²) in [7, 11) is 0. The molecule has 0 bridgehead atoms. The normalized spacial score (nSPS) is 19.7. The summed E-state index contributed by atoms with van der Waals surface area (Å²) < 4.78 is 0. The van der Waals surface area contributed by atoms with Crippen molar-refractivity contribution in [2.24, 2.45) is 0 Å². The second-order valence-electron chi connectivity index (χ2n) is 7.44. The Morgan fingerprint density at radius 3 is 2.52 bits per heavy atom. The van der Waals surface area contributed by atoms with Crippen LogP contribution >= 0.6 is 23.4 Å². The van der Waals surface area contributed by atoms with Gasteiger partial charge in [-0.25, -0.2) is 4.79 Å². The van der Waals surface area contributed by atoms with Crippen LogP contribution in [0, 0.1) is 0 Å². The summed E-state index contributed by atoms with van der Waals surface area (Å²) in [6, 6.07) is 24.3. The number of nitrogens with zero attached hydrogens (tertiary/aromatic N) is 2. The molecule has 0 aromatic heterocycles. The van der Waals surface area contributed by atoms with Crippen LogP contribution in [-0.4, -0.2) is 29.1 Å². The van der Waals surface area contributed by atoms with Gasteiger partial charge in [-0.05, 0) is 29.8 Å². The molecule has 2 aliphatic rings. The number of rotatable bonds is 3. The van der Waals surface area contributed by atoms with Crippen molar-refractivity contribution in [1.29, 1.82) is 0 Å². The molecule has 3 amide bonds. The molecule has 2 heterocycles. The van der Waals surface area contributed by atoms with Crippen molar-refractivity contribution >= 4 is 46.7 Å². The van der Waals surface area contributed by atoms with Gasteiger partial charge in [0.2, 0.25) is 0 Å².